The topological polar surface area (TPSA) is 107 Å². The number of likely N-dealkylation sites (tertiary alicyclic amines) is 1. The lowest BCUT2D eigenvalue weighted by molar-refractivity contribution is -0.384. The van der Waals surface area contributed by atoms with Crippen molar-refractivity contribution in [3.8, 4) is 5.69 Å². The lowest BCUT2D eigenvalue weighted by Crippen LogP contribution is -2.48. The first kappa shape index (κ1) is 22.3. The first-order chi connectivity index (χ1) is 15.3. The van der Waals surface area contributed by atoms with Gasteiger partial charge in [0.25, 0.3) is 11.6 Å². The summed E-state index contributed by atoms with van der Waals surface area (Å²) in [6.07, 6.45) is 2.45. The highest BCUT2D eigenvalue weighted by atomic mass is 16.6. The lowest BCUT2D eigenvalue weighted by Gasteiger charge is -2.39. The number of non-ortho nitro benzene ring substituents is 1. The van der Waals surface area contributed by atoms with Crippen molar-refractivity contribution in [3.63, 3.8) is 0 Å². The molecule has 10 heteroatoms. The zero-order valence-corrected chi connectivity index (χ0v) is 18.8. The van der Waals surface area contributed by atoms with Crippen LogP contribution in [0.25, 0.3) is 5.69 Å². The van der Waals surface area contributed by atoms with Crippen molar-refractivity contribution in [2.24, 2.45) is 5.92 Å². The molecule has 0 aliphatic carbocycles. The van der Waals surface area contributed by atoms with Crippen LogP contribution in [0.3, 0.4) is 0 Å². The van der Waals surface area contributed by atoms with E-state index in [2.05, 4.69) is 29.1 Å². The van der Waals surface area contributed by atoms with Gasteiger partial charge in [-0.2, -0.15) is 0 Å². The average Bonchev–Trinajstić information content (AvgIpc) is 3.14. The van der Waals surface area contributed by atoms with Crippen molar-refractivity contribution >= 4 is 11.6 Å². The summed E-state index contributed by atoms with van der Waals surface area (Å²) in [6, 6.07) is 6.15. The zero-order chi connectivity index (χ0) is 22.8. The minimum atomic E-state index is -0.454. The minimum absolute atomic E-state index is 0.0311. The molecule has 1 aromatic heterocycles. The van der Waals surface area contributed by atoms with Crippen molar-refractivity contribution in [1.82, 2.24) is 24.8 Å². The highest BCUT2D eigenvalue weighted by Crippen LogP contribution is 2.23. The van der Waals surface area contributed by atoms with Gasteiger partial charge in [-0.3, -0.25) is 19.8 Å². The Kier molecular flexibility index (Phi) is 6.52. The maximum Gasteiger partial charge on any atom is 0.276 e. The molecule has 2 aliphatic rings. The van der Waals surface area contributed by atoms with E-state index >= 15 is 0 Å². The number of hydrogen-bond acceptors (Lipinski definition) is 7. The molecular weight excluding hydrogens is 412 g/mol. The molecule has 1 aromatic carbocycles. The number of piperidine rings is 1. The van der Waals surface area contributed by atoms with Crippen LogP contribution in [-0.4, -0.2) is 80.6 Å². The van der Waals surface area contributed by atoms with Crippen LogP contribution in [-0.2, 0) is 4.74 Å². The van der Waals surface area contributed by atoms with Gasteiger partial charge in [0.2, 0.25) is 0 Å². The Morgan fingerprint density at radius 1 is 1.22 bits per heavy atom. The summed E-state index contributed by atoms with van der Waals surface area (Å²) in [6.45, 7) is 10.4. The molecule has 3 heterocycles. The van der Waals surface area contributed by atoms with Crippen molar-refractivity contribution in [1.29, 1.82) is 0 Å². The van der Waals surface area contributed by atoms with Gasteiger partial charge in [-0.25, -0.2) is 4.68 Å². The molecule has 2 saturated heterocycles. The standard InChI is InChI=1S/C22H30N6O4/c1-15-12-25(13-16(2)32-15)14-18-7-9-26(10-8-18)22(29)21-17(3)27(24-23-21)19-5-4-6-20(11-19)28(30)31/h4-6,11,15-16,18H,7-10,12-14H2,1-3H3. The molecule has 0 spiro atoms. The van der Waals surface area contributed by atoms with E-state index in [1.807, 2.05) is 4.90 Å². The number of nitro benzene ring substituents is 1. The predicted octanol–water partition coefficient (Wildman–Crippen LogP) is 2.45. The predicted molar refractivity (Wildman–Crippen MR) is 118 cm³/mol. The minimum Gasteiger partial charge on any atom is -0.373 e. The first-order valence-electron chi connectivity index (χ1n) is 11.2. The maximum atomic E-state index is 13.1. The lowest BCUT2D eigenvalue weighted by atomic mass is 9.95. The van der Waals surface area contributed by atoms with Crippen molar-refractivity contribution in [2.75, 3.05) is 32.7 Å². The summed E-state index contributed by atoms with van der Waals surface area (Å²) in [5.74, 6) is 0.435. The van der Waals surface area contributed by atoms with Crippen LogP contribution in [0.2, 0.25) is 0 Å². The van der Waals surface area contributed by atoms with E-state index in [1.54, 1.807) is 19.1 Å². The van der Waals surface area contributed by atoms with Gasteiger partial charge >= 0.3 is 0 Å². The molecule has 0 radical (unpaired) electrons. The number of rotatable bonds is 5. The smallest absolute Gasteiger partial charge is 0.276 e. The second-order valence-electron chi connectivity index (χ2n) is 8.92. The van der Waals surface area contributed by atoms with E-state index in [-0.39, 0.29) is 23.8 Å². The van der Waals surface area contributed by atoms with Crippen molar-refractivity contribution < 1.29 is 14.5 Å². The normalized spacial score (nSPS) is 22.8. The molecule has 10 nitrogen and oxygen atoms in total. The molecular formula is C22H30N6O4. The van der Waals surface area contributed by atoms with E-state index in [0.29, 0.717) is 36.1 Å². The number of benzene rings is 1. The number of carbonyl (C=O) groups excluding carboxylic acids is 1. The van der Waals surface area contributed by atoms with Crippen LogP contribution < -0.4 is 0 Å². The fraction of sp³-hybridized carbons (Fsp3) is 0.591. The monoisotopic (exact) mass is 442 g/mol. The van der Waals surface area contributed by atoms with E-state index in [9.17, 15) is 14.9 Å². The van der Waals surface area contributed by atoms with Crippen molar-refractivity contribution in [3.05, 3.63) is 45.8 Å². The molecule has 2 atom stereocenters. The molecule has 0 saturated carbocycles. The highest BCUT2D eigenvalue weighted by molar-refractivity contribution is 5.93. The third-order valence-electron chi connectivity index (χ3n) is 6.30. The Balaban J connectivity index is 1.38. The number of amides is 1. The molecule has 2 fully saturated rings. The quantitative estimate of drug-likeness (QED) is 0.517. The molecule has 0 N–H and O–H groups in total. The fourth-order valence-corrected chi connectivity index (χ4v) is 4.78. The fourth-order valence-electron chi connectivity index (χ4n) is 4.78. The molecule has 32 heavy (non-hydrogen) atoms. The summed E-state index contributed by atoms with van der Waals surface area (Å²) in [4.78, 5) is 28.0. The van der Waals surface area contributed by atoms with Crippen LogP contribution in [0, 0.1) is 23.0 Å². The third-order valence-corrected chi connectivity index (χ3v) is 6.30. The number of morpholine rings is 1. The Morgan fingerprint density at radius 3 is 2.56 bits per heavy atom. The number of nitro groups is 1. The van der Waals surface area contributed by atoms with Gasteiger partial charge in [0, 0.05) is 44.9 Å². The van der Waals surface area contributed by atoms with Crippen LogP contribution in [0.4, 0.5) is 5.69 Å². The van der Waals surface area contributed by atoms with Gasteiger partial charge in [-0.05, 0) is 45.6 Å². The number of nitrogens with zero attached hydrogens (tertiary/aromatic N) is 6. The second-order valence-corrected chi connectivity index (χ2v) is 8.92. The van der Waals surface area contributed by atoms with E-state index in [0.717, 1.165) is 32.5 Å². The van der Waals surface area contributed by atoms with Gasteiger partial charge in [-0.1, -0.05) is 11.3 Å². The summed E-state index contributed by atoms with van der Waals surface area (Å²) in [5.41, 5.74) is 1.35. The molecule has 1 amide bonds. The van der Waals surface area contributed by atoms with Gasteiger partial charge in [0.1, 0.15) is 0 Å². The molecule has 0 bridgehead atoms. The number of ether oxygens (including phenoxy) is 1. The first-order valence-corrected chi connectivity index (χ1v) is 11.2. The number of carbonyl (C=O) groups is 1. The van der Waals surface area contributed by atoms with Gasteiger partial charge in [0.15, 0.2) is 5.69 Å². The van der Waals surface area contributed by atoms with Crippen LogP contribution in [0.1, 0.15) is 42.9 Å². The summed E-state index contributed by atoms with van der Waals surface area (Å²) in [5, 5.41) is 19.3. The van der Waals surface area contributed by atoms with Gasteiger partial charge in [-0.15, -0.1) is 5.10 Å². The van der Waals surface area contributed by atoms with Gasteiger partial charge in [0.05, 0.1) is 28.5 Å². The van der Waals surface area contributed by atoms with E-state index < -0.39 is 4.92 Å². The van der Waals surface area contributed by atoms with Gasteiger partial charge < -0.3 is 9.64 Å². The van der Waals surface area contributed by atoms with Crippen LogP contribution in [0.15, 0.2) is 24.3 Å². The Hall–Kier alpha value is -2.85. The van der Waals surface area contributed by atoms with E-state index in [4.69, 9.17) is 4.74 Å². The second kappa shape index (κ2) is 9.33. The summed E-state index contributed by atoms with van der Waals surface area (Å²) >= 11 is 0. The van der Waals surface area contributed by atoms with E-state index in [1.165, 1.54) is 16.8 Å². The summed E-state index contributed by atoms with van der Waals surface area (Å²) < 4.78 is 7.30. The molecule has 4 rings (SSSR count). The maximum absolute atomic E-state index is 13.1. The Morgan fingerprint density at radius 2 is 1.91 bits per heavy atom. The molecule has 2 aliphatic heterocycles. The number of hydrogen-bond donors (Lipinski definition) is 0. The number of aromatic nitrogens is 3. The molecule has 2 unspecified atom stereocenters. The van der Waals surface area contributed by atoms with Crippen LogP contribution >= 0.6 is 0 Å². The average molecular weight is 443 g/mol. The third kappa shape index (κ3) is 4.81. The molecule has 172 valence electrons. The molecule has 2 aromatic rings. The Bertz CT molecular complexity index is 975. The van der Waals surface area contributed by atoms with Crippen molar-refractivity contribution in [2.45, 2.75) is 45.8 Å². The highest BCUT2D eigenvalue weighted by Gasteiger charge is 2.30. The largest absolute Gasteiger partial charge is 0.373 e. The zero-order valence-electron chi connectivity index (χ0n) is 18.8. The van der Waals surface area contributed by atoms with Crippen LogP contribution in [0.5, 0.6) is 0 Å². The SMILES string of the molecule is Cc1c(C(=O)N2CCC(CN3CC(C)OC(C)C3)CC2)nnn1-c1cccc([N+](=O)[O-])c1. The summed E-state index contributed by atoms with van der Waals surface area (Å²) in [7, 11) is 0. The Labute approximate surface area is 187 Å².